The molecule has 48 heavy (non-hydrogen) atoms. The zero-order valence-electron chi connectivity index (χ0n) is 26.7. The van der Waals surface area contributed by atoms with Gasteiger partial charge < -0.3 is 24.6 Å². The Balaban J connectivity index is 0.000000671. The first kappa shape index (κ1) is 36.2. The van der Waals surface area contributed by atoms with Gasteiger partial charge in [-0.05, 0) is 111 Å². The maximum Gasteiger partial charge on any atom is 0.490 e. The molecule has 2 fully saturated rings. The van der Waals surface area contributed by atoms with Gasteiger partial charge in [-0.15, -0.1) is 0 Å². The highest BCUT2D eigenvalue weighted by Gasteiger charge is 2.41. The van der Waals surface area contributed by atoms with Gasteiger partial charge in [0, 0.05) is 25.2 Å². The molecule has 3 aromatic rings. The smallest absolute Gasteiger partial charge is 0.490 e. The van der Waals surface area contributed by atoms with E-state index in [1.54, 1.807) is 36.4 Å². The van der Waals surface area contributed by atoms with E-state index in [1.165, 1.54) is 12.1 Å². The number of ether oxygens (including phenoxy) is 2. The van der Waals surface area contributed by atoms with E-state index in [0.717, 1.165) is 72.8 Å². The second kappa shape index (κ2) is 15.5. The van der Waals surface area contributed by atoms with E-state index in [2.05, 4.69) is 17.0 Å². The standard InChI is InChI=1S/C33H37FN2O5.C2HF3O2/c1-3-40-28-19-23(20-29(41-4-2)31(28)24-5-9-26(34)10-6-24)21-35-17-15-33(16-18-35)14-13-30(37)36(22-33)27-11-7-25(8-12-27)32(38)39;3-2(4,5)1(6)7/h5-12,19-20H,3-4,13-18,21-22H2,1-2H3,(H,38,39);(H,6,7). The molecule has 2 aliphatic heterocycles. The van der Waals surface area contributed by atoms with Crippen molar-refractivity contribution in [1.29, 1.82) is 0 Å². The maximum absolute atomic E-state index is 13.6. The van der Waals surface area contributed by atoms with E-state index >= 15 is 0 Å². The largest absolute Gasteiger partial charge is 0.493 e. The Hall–Kier alpha value is -4.65. The van der Waals surface area contributed by atoms with E-state index in [9.17, 15) is 32.3 Å². The molecule has 0 atom stereocenters. The van der Waals surface area contributed by atoms with Gasteiger partial charge in [-0.1, -0.05) is 12.1 Å². The minimum absolute atomic E-state index is 0.0509. The molecule has 2 saturated heterocycles. The molecule has 2 aliphatic rings. The number of aromatic carboxylic acids is 1. The number of hydrogen-bond donors (Lipinski definition) is 2. The Morgan fingerprint density at radius 1 is 0.875 bits per heavy atom. The molecule has 2 heterocycles. The number of carbonyl (C=O) groups excluding carboxylic acids is 1. The lowest BCUT2D eigenvalue weighted by atomic mass is 9.72. The summed E-state index contributed by atoms with van der Waals surface area (Å²) < 4.78 is 57.5. The Morgan fingerprint density at radius 2 is 1.42 bits per heavy atom. The lowest BCUT2D eigenvalue weighted by Crippen LogP contribution is -2.51. The second-order valence-corrected chi connectivity index (χ2v) is 11.8. The van der Waals surface area contributed by atoms with Gasteiger partial charge in [0.2, 0.25) is 5.91 Å². The highest BCUT2D eigenvalue weighted by molar-refractivity contribution is 5.95. The van der Waals surface area contributed by atoms with E-state index in [-0.39, 0.29) is 22.7 Å². The van der Waals surface area contributed by atoms with E-state index in [1.807, 2.05) is 18.7 Å². The topological polar surface area (TPSA) is 117 Å². The monoisotopic (exact) mass is 674 g/mol. The van der Waals surface area contributed by atoms with Crippen molar-refractivity contribution in [2.45, 2.75) is 52.3 Å². The Bertz CT molecular complexity index is 1560. The highest BCUT2D eigenvalue weighted by Crippen LogP contribution is 2.43. The minimum atomic E-state index is -5.08. The number of benzene rings is 3. The van der Waals surface area contributed by atoms with Gasteiger partial charge >= 0.3 is 18.1 Å². The molecule has 1 amide bonds. The third kappa shape index (κ3) is 9.03. The van der Waals surface area contributed by atoms with Crippen molar-refractivity contribution in [3.63, 3.8) is 0 Å². The van der Waals surface area contributed by atoms with Crippen LogP contribution in [0.25, 0.3) is 11.1 Å². The van der Waals surface area contributed by atoms with Gasteiger partial charge in [0.15, 0.2) is 0 Å². The van der Waals surface area contributed by atoms with Gasteiger partial charge in [-0.25, -0.2) is 14.0 Å². The number of carboxylic acids is 2. The zero-order chi connectivity index (χ0) is 35.1. The number of piperidine rings is 2. The summed E-state index contributed by atoms with van der Waals surface area (Å²) in [5.74, 6) is -2.47. The van der Waals surface area contributed by atoms with Crippen LogP contribution in [-0.4, -0.2) is 72.0 Å². The van der Waals surface area contributed by atoms with Crippen LogP contribution in [0.2, 0.25) is 0 Å². The zero-order valence-corrected chi connectivity index (χ0v) is 26.7. The van der Waals surface area contributed by atoms with Gasteiger partial charge in [0.1, 0.15) is 17.3 Å². The number of anilines is 1. The number of carbonyl (C=O) groups is 3. The number of amides is 1. The number of rotatable bonds is 9. The van der Waals surface area contributed by atoms with Crippen LogP contribution in [0.15, 0.2) is 60.7 Å². The summed E-state index contributed by atoms with van der Waals surface area (Å²) in [5, 5.41) is 16.3. The molecule has 5 rings (SSSR count). The lowest BCUT2D eigenvalue weighted by molar-refractivity contribution is -0.192. The first-order valence-corrected chi connectivity index (χ1v) is 15.6. The van der Waals surface area contributed by atoms with Crippen LogP contribution >= 0.6 is 0 Å². The molecule has 0 radical (unpaired) electrons. The summed E-state index contributed by atoms with van der Waals surface area (Å²) in [6.07, 6.45) is -1.75. The first-order valence-electron chi connectivity index (χ1n) is 15.6. The quantitative estimate of drug-likeness (QED) is 0.233. The summed E-state index contributed by atoms with van der Waals surface area (Å²) in [4.78, 5) is 37.2. The van der Waals surface area contributed by atoms with Crippen LogP contribution in [0.4, 0.5) is 23.2 Å². The molecule has 3 aromatic carbocycles. The van der Waals surface area contributed by atoms with Crippen LogP contribution in [0.5, 0.6) is 11.5 Å². The molecule has 13 heteroatoms. The average molecular weight is 675 g/mol. The fraction of sp³-hybridized carbons (Fsp3) is 0.400. The molecule has 2 N–H and O–H groups in total. The predicted octanol–water partition coefficient (Wildman–Crippen LogP) is 7.03. The normalized spacial score (nSPS) is 16.2. The van der Waals surface area contributed by atoms with Gasteiger partial charge in [0.25, 0.3) is 0 Å². The summed E-state index contributed by atoms with van der Waals surface area (Å²) in [7, 11) is 0. The minimum Gasteiger partial charge on any atom is -0.493 e. The number of nitrogens with zero attached hydrogens (tertiary/aromatic N) is 2. The summed E-state index contributed by atoms with van der Waals surface area (Å²) >= 11 is 0. The fourth-order valence-electron chi connectivity index (χ4n) is 6.06. The summed E-state index contributed by atoms with van der Waals surface area (Å²) in [6.45, 7) is 8.13. The average Bonchev–Trinajstić information content (AvgIpc) is 3.04. The van der Waals surface area contributed by atoms with Crippen LogP contribution in [0.3, 0.4) is 0 Å². The molecule has 0 aliphatic carbocycles. The fourth-order valence-corrected chi connectivity index (χ4v) is 6.06. The number of alkyl halides is 3. The molecular weight excluding hydrogens is 636 g/mol. The number of aliphatic carboxylic acids is 1. The molecule has 1 spiro atoms. The molecule has 0 unspecified atom stereocenters. The van der Waals surface area contributed by atoms with E-state index in [4.69, 9.17) is 19.4 Å². The van der Waals surface area contributed by atoms with E-state index in [0.29, 0.717) is 26.2 Å². The molecule has 0 saturated carbocycles. The Kier molecular flexibility index (Phi) is 11.7. The Labute approximate surface area is 275 Å². The molecule has 0 bridgehead atoms. The summed E-state index contributed by atoms with van der Waals surface area (Å²) in [6, 6.07) is 17.1. The third-order valence-corrected chi connectivity index (χ3v) is 8.51. The number of halogens is 4. The maximum atomic E-state index is 13.6. The Morgan fingerprint density at radius 3 is 1.90 bits per heavy atom. The van der Waals surface area contributed by atoms with Crippen LogP contribution in [0.1, 0.15) is 55.5 Å². The van der Waals surface area contributed by atoms with Crippen LogP contribution < -0.4 is 14.4 Å². The van der Waals surface area contributed by atoms with Crippen molar-refractivity contribution in [3.8, 4) is 22.6 Å². The van der Waals surface area contributed by atoms with Crippen LogP contribution in [-0.2, 0) is 16.1 Å². The van der Waals surface area contributed by atoms with Crippen molar-refractivity contribution in [2.24, 2.45) is 5.41 Å². The van der Waals surface area contributed by atoms with Crippen molar-refractivity contribution in [2.75, 3.05) is 37.7 Å². The van der Waals surface area contributed by atoms with Gasteiger partial charge in [-0.2, -0.15) is 13.2 Å². The first-order chi connectivity index (χ1) is 22.7. The van der Waals surface area contributed by atoms with Gasteiger partial charge in [0.05, 0.1) is 24.3 Å². The number of likely N-dealkylation sites (tertiary alicyclic amines) is 1. The molecule has 0 aromatic heterocycles. The van der Waals surface area contributed by atoms with Crippen molar-refractivity contribution in [1.82, 2.24) is 4.90 Å². The van der Waals surface area contributed by atoms with E-state index < -0.39 is 18.1 Å². The molecular formula is C35H38F4N2O7. The van der Waals surface area contributed by atoms with Crippen molar-refractivity contribution >= 4 is 23.5 Å². The highest BCUT2D eigenvalue weighted by atomic mass is 19.4. The van der Waals surface area contributed by atoms with Crippen molar-refractivity contribution in [3.05, 3.63) is 77.6 Å². The number of carboxylic acid groups (broad SMARTS) is 2. The molecule has 9 nitrogen and oxygen atoms in total. The SMILES string of the molecule is CCOc1cc(CN2CCC3(CCC(=O)N(c4ccc(C(=O)O)cc4)C3)CC2)cc(OCC)c1-c1ccc(F)cc1.O=C(O)C(F)(F)F. The summed E-state index contributed by atoms with van der Waals surface area (Å²) in [5.41, 5.74) is 3.80. The number of hydrogen-bond acceptors (Lipinski definition) is 6. The third-order valence-electron chi connectivity index (χ3n) is 8.51. The lowest BCUT2D eigenvalue weighted by Gasteiger charge is -2.47. The molecule has 258 valence electrons. The van der Waals surface area contributed by atoms with Crippen LogP contribution in [0, 0.1) is 11.2 Å². The predicted molar refractivity (Wildman–Crippen MR) is 170 cm³/mol. The van der Waals surface area contributed by atoms with Gasteiger partial charge in [-0.3, -0.25) is 9.69 Å². The van der Waals surface area contributed by atoms with Crippen molar-refractivity contribution < 1.29 is 51.6 Å². The second-order valence-electron chi connectivity index (χ2n) is 11.8.